The second-order valence-electron chi connectivity index (χ2n) is 6.09. The van der Waals surface area contributed by atoms with Crippen molar-refractivity contribution in [1.29, 1.82) is 0 Å². The van der Waals surface area contributed by atoms with E-state index in [9.17, 15) is 0 Å². The van der Waals surface area contributed by atoms with Crippen LogP contribution < -0.4 is 5.32 Å². The average Bonchev–Trinajstić information content (AvgIpc) is 3.13. The molecule has 0 saturated heterocycles. The molecule has 4 heteroatoms. The van der Waals surface area contributed by atoms with E-state index < -0.39 is 0 Å². The van der Waals surface area contributed by atoms with Crippen molar-refractivity contribution >= 4 is 11.3 Å². The maximum atomic E-state index is 6.01. The maximum absolute atomic E-state index is 6.01. The van der Waals surface area contributed by atoms with Gasteiger partial charge in [0.1, 0.15) is 5.01 Å². The molecule has 2 unspecified atom stereocenters. The molecular formula is C15H24N2OS. The first-order valence-electron chi connectivity index (χ1n) is 7.58. The van der Waals surface area contributed by atoms with Gasteiger partial charge >= 0.3 is 0 Å². The number of aromatic nitrogens is 1. The van der Waals surface area contributed by atoms with E-state index in [0.29, 0.717) is 12.7 Å². The number of nitrogens with one attached hydrogen (secondary N) is 1. The van der Waals surface area contributed by atoms with Crippen LogP contribution in [0, 0.1) is 5.92 Å². The van der Waals surface area contributed by atoms with Gasteiger partial charge in [-0.05, 0) is 31.6 Å². The summed E-state index contributed by atoms with van der Waals surface area (Å²) in [5.74, 6) is 0.826. The summed E-state index contributed by atoms with van der Waals surface area (Å²) in [6.07, 6.45) is 8.26. The van der Waals surface area contributed by atoms with Gasteiger partial charge in [-0.1, -0.05) is 19.8 Å². The third-order valence-corrected chi connectivity index (χ3v) is 4.97. The van der Waals surface area contributed by atoms with Crippen molar-refractivity contribution in [3.63, 3.8) is 0 Å². The Hall–Kier alpha value is -0.450. The summed E-state index contributed by atoms with van der Waals surface area (Å²) in [5.41, 5.74) is 1.11. The van der Waals surface area contributed by atoms with E-state index in [1.807, 2.05) is 0 Å². The first-order chi connectivity index (χ1) is 9.29. The minimum absolute atomic E-state index is 0.457. The topological polar surface area (TPSA) is 34.1 Å². The molecule has 106 valence electrons. The fourth-order valence-corrected chi connectivity index (χ4v) is 3.48. The van der Waals surface area contributed by atoms with Crippen LogP contribution in [-0.2, 0) is 17.9 Å². The molecule has 1 aromatic heterocycles. The number of hydrogen-bond donors (Lipinski definition) is 1. The van der Waals surface area contributed by atoms with Gasteiger partial charge in [0.25, 0.3) is 0 Å². The second kappa shape index (κ2) is 6.33. The largest absolute Gasteiger partial charge is 0.372 e. The van der Waals surface area contributed by atoms with Gasteiger partial charge < -0.3 is 10.1 Å². The Balaban J connectivity index is 1.41. The summed E-state index contributed by atoms with van der Waals surface area (Å²) in [4.78, 5) is 4.64. The molecule has 0 aromatic carbocycles. The lowest BCUT2D eigenvalue weighted by Crippen LogP contribution is -2.21. The molecule has 1 N–H and O–H groups in total. The molecule has 1 aromatic rings. The fraction of sp³-hybridized carbons (Fsp3) is 0.800. The Labute approximate surface area is 119 Å². The van der Waals surface area contributed by atoms with Crippen LogP contribution in [0.5, 0.6) is 0 Å². The average molecular weight is 280 g/mol. The molecule has 2 saturated carbocycles. The van der Waals surface area contributed by atoms with E-state index in [0.717, 1.165) is 24.2 Å². The number of hydrogen-bond acceptors (Lipinski definition) is 4. The minimum atomic E-state index is 0.457. The van der Waals surface area contributed by atoms with Crippen molar-refractivity contribution in [2.45, 2.75) is 70.7 Å². The van der Waals surface area contributed by atoms with Crippen molar-refractivity contribution in [1.82, 2.24) is 10.3 Å². The quantitative estimate of drug-likeness (QED) is 0.866. The second-order valence-corrected chi connectivity index (χ2v) is 7.04. The zero-order valence-electron chi connectivity index (χ0n) is 11.7. The predicted molar refractivity (Wildman–Crippen MR) is 78.2 cm³/mol. The molecule has 2 aliphatic rings. The van der Waals surface area contributed by atoms with Crippen molar-refractivity contribution < 1.29 is 4.74 Å². The molecule has 0 bridgehead atoms. The van der Waals surface area contributed by atoms with E-state index in [1.54, 1.807) is 11.3 Å². The van der Waals surface area contributed by atoms with Gasteiger partial charge in [0.15, 0.2) is 0 Å². The highest BCUT2D eigenvalue weighted by Crippen LogP contribution is 2.26. The van der Waals surface area contributed by atoms with Crippen LogP contribution >= 0.6 is 11.3 Å². The van der Waals surface area contributed by atoms with Gasteiger partial charge in [-0.15, -0.1) is 11.3 Å². The van der Waals surface area contributed by atoms with Crippen LogP contribution in [0.3, 0.4) is 0 Å². The molecule has 2 fully saturated rings. The maximum Gasteiger partial charge on any atom is 0.107 e. The molecule has 19 heavy (non-hydrogen) atoms. The number of nitrogens with zero attached hydrogens (tertiary/aromatic N) is 1. The first-order valence-corrected chi connectivity index (χ1v) is 8.46. The zero-order chi connectivity index (χ0) is 13.1. The van der Waals surface area contributed by atoms with Crippen LogP contribution in [0.15, 0.2) is 5.38 Å². The molecule has 0 radical (unpaired) electrons. The highest BCUT2D eigenvalue weighted by molar-refractivity contribution is 7.09. The normalized spacial score (nSPS) is 27.6. The molecule has 0 amide bonds. The monoisotopic (exact) mass is 280 g/mol. The van der Waals surface area contributed by atoms with Gasteiger partial charge in [-0.3, -0.25) is 0 Å². The Morgan fingerprint density at radius 3 is 3.05 bits per heavy atom. The molecule has 0 aliphatic heterocycles. The summed E-state index contributed by atoms with van der Waals surface area (Å²) in [5, 5.41) is 6.85. The van der Waals surface area contributed by atoms with Crippen LogP contribution in [0.4, 0.5) is 0 Å². The van der Waals surface area contributed by atoms with Crippen LogP contribution in [0.25, 0.3) is 0 Å². The number of rotatable bonds is 6. The van der Waals surface area contributed by atoms with Crippen LogP contribution in [-0.4, -0.2) is 17.1 Å². The Bertz CT molecular complexity index is 403. The summed E-state index contributed by atoms with van der Waals surface area (Å²) in [6.45, 7) is 3.95. The lowest BCUT2D eigenvalue weighted by atomic mass is 9.89. The molecule has 1 heterocycles. The third-order valence-electron chi connectivity index (χ3n) is 4.07. The van der Waals surface area contributed by atoms with E-state index in [-0.39, 0.29) is 0 Å². The van der Waals surface area contributed by atoms with Crippen molar-refractivity contribution in [3.05, 3.63) is 16.1 Å². The molecule has 2 aliphatic carbocycles. The van der Waals surface area contributed by atoms with Crippen molar-refractivity contribution in [3.8, 4) is 0 Å². The molecular weight excluding hydrogens is 256 g/mol. The Kier molecular flexibility index (Phi) is 4.51. The van der Waals surface area contributed by atoms with Gasteiger partial charge in [0.2, 0.25) is 0 Å². The SMILES string of the molecule is CC1CCCC(OCc2csc(CNC3CC3)n2)C1. The van der Waals surface area contributed by atoms with Crippen LogP contribution in [0.2, 0.25) is 0 Å². The molecule has 0 spiro atoms. The number of ether oxygens (including phenoxy) is 1. The highest BCUT2D eigenvalue weighted by Gasteiger charge is 2.21. The lowest BCUT2D eigenvalue weighted by molar-refractivity contribution is 0.00336. The fourth-order valence-electron chi connectivity index (χ4n) is 2.75. The van der Waals surface area contributed by atoms with E-state index in [2.05, 4.69) is 22.6 Å². The first kappa shape index (κ1) is 13.5. The van der Waals surface area contributed by atoms with E-state index in [1.165, 1.54) is 43.5 Å². The van der Waals surface area contributed by atoms with E-state index >= 15 is 0 Å². The van der Waals surface area contributed by atoms with Crippen molar-refractivity contribution in [2.75, 3.05) is 0 Å². The zero-order valence-corrected chi connectivity index (χ0v) is 12.5. The van der Waals surface area contributed by atoms with Crippen LogP contribution in [0.1, 0.15) is 56.2 Å². The number of thiazole rings is 1. The Morgan fingerprint density at radius 1 is 1.37 bits per heavy atom. The van der Waals surface area contributed by atoms with Gasteiger partial charge in [-0.25, -0.2) is 4.98 Å². The summed E-state index contributed by atoms with van der Waals surface area (Å²) >= 11 is 1.75. The van der Waals surface area contributed by atoms with Gasteiger partial charge in [-0.2, -0.15) is 0 Å². The lowest BCUT2D eigenvalue weighted by Gasteiger charge is -2.26. The summed E-state index contributed by atoms with van der Waals surface area (Å²) in [7, 11) is 0. The summed E-state index contributed by atoms with van der Waals surface area (Å²) in [6, 6.07) is 0.757. The molecule has 3 rings (SSSR count). The third kappa shape index (κ3) is 4.26. The van der Waals surface area contributed by atoms with Crippen molar-refractivity contribution in [2.24, 2.45) is 5.92 Å². The van der Waals surface area contributed by atoms with Gasteiger partial charge in [0, 0.05) is 18.0 Å². The highest BCUT2D eigenvalue weighted by atomic mass is 32.1. The molecule has 3 nitrogen and oxygen atoms in total. The standard InChI is InChI=1S/C15H24N2OS/c1-11-3-2-4-14(7-11)18-9-13-10-19-15(17-13)8-16-12-5-6-12/h10-12,14,16H,2-9H2,1H3. The van der Waals surface area contributed by atoms with E-state index in [4.69, 9.17) is 4.74 Å². The smallest absolute Gasteiger partial charge is 0.107 e. The molecule has 2 atom stereocenters. The van der Waals surface area contributed by atoms with Gasteiger partial charge in [0.05, 0.1) is 18.4 Å². The minimum Gasteiger partial charge on any atom is -0.372 e. The summed E-state index contributed by atoms with van der Waals surface area (Å²) < 4.78 is 6.01. The Morgan fingerprint density at radius 2 is 2.26 bits per heavy atom. The predicted octanol–water partition coefficient (Wildman–Crippen LogP) is 3.49.